The molecule has 1 aromatic rings. The normalized spacial score (nSPS) is 19.9. The second-order valence-corrected chi connectivity index (χ2v) is 6.12. The van der Waals surface area contributed by atoms with Crippen LogP contribution < -0.4 is 16.0 Å². The lowest BCUT2D eigenvalue weighted by molar-refractivity contribution is -0.136. The Balaban J connectivity index is 1.93. The minimum Gasteiger partial charge on any atom is -0.355 e. The molecule has 3 rings (SSSR count). The van der Waals surface area contributed by atoms with Gasteiger partial charge in [0.25, 0.3) is 11.8 Å². The summed E-state index contributed by atoms with van der Waals surface area (Å²) in [5.74, 6) is -0.447. The minimum absolute atomic E-state index is 0.0383. The maximum atomic E-state index is 12.9. The predicted octanol–water partition coefficient (Wildman–Crippen LogP) is -0.405. The van der Waals surface area contributed by atoms with Crippen LogP contribution in [-0.4, -0.2) is 46.6 Å². The lowest BCUT2D eigenvalue weighted by Crippen LogP contribution is -2.54. The Kier molecular flexibility index (Phi) is 4.64. The molecule has 3 N–H and O–H groups in total. The molecule has 0 bridgehead atoms. The van der Waals surface area contributed by atoms with E-state index in [0.717, 1.165) is 4.90 Å². The highest BCUT2D eigenvalue weighted by Gasteiger charge is 2.45. The van der Waals surface area contributed by atoms with E-state index in [1.807, 2.05) is 0 Å². The van der Waals surface area contributed by atoms with Crippen molar-refractivity contribution in [2.75, 3.05) is 5.32 Å². The average molecular weight is 368 g/mol. The van der Waals surface area contributed by atoms with Gasteiger partial charge in [0.15, 0.2) is 6.17 Å². The summed E-state index contributed by atoms with van der Waals surface area (Å²) >= 11 is 0. The van der Waals surface area contributed by atoms with E-state index < -0.39 is 35.8 Å². The van der Waals surface area contributed by atoms with Crippen molar-refractivity contribution in [3.8, 4) is 12.3 Å². The van der Waals surface area contributed by atoms with Gasteiger partial charge in [-0.15, -0.1) is 6.42 Å². The second-order valence-electron chi connectivity index (χ2n) is 6.12. The zero-order valence-electron chi connectivity index (χ0n) is 14.4. The van der Waals surface area contributed by atoms with E-state index >= 15 is 0 Å². The summed E-state index contributed by atoms with van der Waals surface area (Å²) in [7, 11) is 0. The molecule has 1 saturated heterocycles. The lowest BCUT2D eigenvalue weighted by atomic mass is 10.0. The number of hydrogen-bond acceptors (Lipinski definition) is 6. The highest BCUT2D eigenvalue weighted by molar-refractivity contribution is 6.25. The first-order chi connectivity index (χ1) is 12.8. The molecule has 138 valence electrons. The summed E-state index contributed by atoms with van der Waals surface area (Å²) in [5.41, 5.74) is 0.448. The molecule has 1 aromatic carbocycles. The fraction of sp³-hybridized carbons (Fsp3) is 0.278. The van der Waals surface area contributed by atoms with Crippen LogP contribution in [-0.2, 0) is 14.4 Å². The maximum absolute atomic E-state index is 12.9. The van der Waals surface area contributed by atoms with E-state index in [1.165, 1.54) is 13.0 Å². The topological polar surface area (TPSA) is 125 Å². The zero-order valence-corrected chi connectivity index (χ0v) is 14.4. The number of fused-ring (bicyclic) bond motifs is 1. The number of anilines is 1. The Morgan fingerprint density at radius 3 is 2.67 bits per heavy atom. The number of terminal acetylenes is 1. The van der Waals surface area contributed by atoms with Crippen molar-refractivity contribution in [3.63, 3.8) is 0 Å². The smallest absolute Gasteiger partial charge is 0.264 e. The molecule has 0 saturated carbocycles. The van der Waals surface area contributed by atoms with Crippen LogP contribution in [0.15, 0.2) is 18.2 Å². The van der Waals surface area contributed by atoms with Gasteiger partial charge >= 0.3 is 0 Å². The third kappa shape index (κ3) is 3.25. The Morgan fingerprint density at radius 1 is 1.30 bits per heavy atom. The van der Waals surface area contributed by atoms with Gasteiger partial charge in [-0.3, -0.25) is 34.2 Å². The molecule has 2 atom stereocenters. The maximum Gasteiger partial charge on any atom is 0.264 e. The van der Waals surface area contributed by atoms with Crippen LogP contribution in [0.5, 0.6) is 0 Å². The quantitative estimate of drug-likeness (QED) is 0.377. The summed E-state index contributed by atoms with van der Waals surface area (Å²) in [6, 6.07) is 3.52. The highest BCUT2D eigenvalue weighted by Crippen LogP contribution is 2.32. The molecule has 2 aliphatic heterocycles. The lowest BCUT2D eigenvalue weighted by Gasteiger charge is -2.27. The molecule has 9 heteroatoms. The number of piperidine rings is 1. The van der Waals surface area contributed by atoms with E-state index in [4.69, 9.17) is 6.42 Å². The molecule has 0 spiro atoms. The SMILES string of the molecule is C#CC(NC(C)=O)Nc1cccc2c1C(=O)N(C1CCC(=O)NC1=O)C2=O. The highest BCUT2D eigenvalue weighted by atomic mass is 16.2. The number of imide groups is 2. The number of benzene rings is 1. The van der Waals surface area contributed by atoms with Gasteiger partial charge in [0.1, 0.15) is 6.04 Å². The second kappa shape index (κ2) is 6.92. The number of nitrogens with zero attached hydrogens (tertiary/aromatic N) is 1. The molecule has 2 heterocycles. The number of amides is 5. The van der Waals surface area contributed by atoms with Crippen LogP contribution >= 0.6 is 0 Å². The van der Waals surface area contributed by atoms with Crippen LogP contribution in [0.4, 0.5) is 5.69 Å². The summed E-state index contributed by atoms with van der Waals surface area (Å²) < 4.78 is 0. The predicted molar refractivity (Wildman–Crippen MR) is 93.2 cm³/mol. The molecular weight excluding hydrogens is 352 g/mol. The first-order valence-corrected chi connectivity index (χ1v) is 8.18. The number of hydrogen-bond donors (Lipinski definition) is 3. The van der Waals surface area contributed by atoms with Crippen LogP contribution in [0.1, 0.15) is 40.5 Å². The standard InChI is InChI=1S/C18H16N4O5/c1-3-13(19-9(2)23)20-11-6-4-5-10-15(11)18(27)22(17(10)26)12-7-8-14(24)21-16(12)25/h1,4-6,12-13,20H,7-8H2,2H3,(H,19,23)(H,21,24,25). The van der Waals surface area contributed by atoms with Crippen molar-refractivity contribution in [3.05, 3.63) is 29.3 Å². The zero-order chi connectivity index (χ0) is 19.7. The molecule has 27 heavy (non-hydrogen) atoms. The summed E-state index contributed by atoms with van der Waals surface area (Å²) in [6.45, 7) is 1.29. The fourth-order valence-electron chi connectivity index (χ4n) is 3.11. The average Bonchev–Trinajstić information content (AvgIpc) is 2.86. The molecule has 0 radical (unpaired) electrons. The fourth-order valence-corrected chi connectivity index (χ4v) is 3.11. The molecule has 5 amide bonds. The van der Waals surface area contributed by atoms with Gasteiger partial charge in [-0.1, -0.05) is 12.0 Å². The van der Waals surface area contributed by atoms with Crippen LogP contribution in [0, 0.1) is 12.3 Å². The number of rotatable bonds is 4. The van der Waals surface area contributed by atoms with E-state index in [0.29, 0.717) is 0 Å². The molecule has 2 aliphatic rings. The van der Waals surface area contributed by atoms with Crippen molar-refractivity contribution in [1.29, 1.82) is 0 Å². The van der Waals surface area contributed by atoms with Crippen molar-refractivity contribution >= 4 is 35.2 Å². The van der Waals surface area contributed by atoms with Crippen molar-refractivity contribution in [2.24, 2.45) is 0 Å². The molecule has 1 fully saturated rings. The van der Waals surface area contributed by atoms with E-state index in [1.54, 1.807) is 12.1 Å². The first-order valence-electron chi connectivity index (χ1n) is 8.18. The third-order valence-electron chi connectivity index (χ3n) is 4.28. The van der Waals surface area contributed by atoms with Crippen LogP contribution in [0.3, 0.4) is 0 Å². The number of carbonyl (C=O) groups is 5. The molecule has 9 nitrogen and oxygen atoms in total. The monoisotopic (exact) mass is 368 g/mol. The minimum atomic E-state index is -1.05. The van der Waals surface area contributed by atoms with Crippen molar-refractivity contribution < 1.29 is 24.0 Å². The van der Waals surface area contributed by atoms with Crippen molar-refractivity contribution in [1.82, 2.24) is 15.5 Å². The first kappa shape index (κ1) is 18.1. The van der Waals surface area contributed by atoms with Crippen LogP contribution in [0.2, 0.25) is 0 Å². The Labute approximate surface area is 154 Å². The van der Waals surface area contributed by atoms with E-state index in [2.05, 4.69) is 21.9 Å². The Hall–Kier alpha value is -3.67. The third-order valence-corrected chi connectivity index (χ3v) is 4.28. The number of nitrogens with one attached hydrogen (secondary N) is 3. The molecule has 0 aromatic heterocycles. The van der Waals surface area contributed by atoms with Gasteiger partial charge < -0.3 is 10.6 Å². The summed E-state index contributed by atoms with van der Waals surface area (Å²) in [4.78, 5) is 61.1. The van der Waals surface area contributed by atoms with Crippen LogP contribution in [0.25, 0.3) is 0 Å². The van der Waals surface area contributed by atoms with Gasteiger partial charge in [0.2, 0.25) is 17.7 Å². The van der Waals surface area contributed by atoms with Gasteiger partial charge in [-0.25, -0.2) is 0 Å². The molecular formula is C18H16N4O5. The van der Waals surface area contributed by atoms with Gasteiger partial charge in [0, 0.05) is 13.3 Å². The Morgan fingerprint density at radius 2 is 2.04 bits per heavy atom. The van der Waals surface area contributed by atoms with Gasteiger partial charge in [-0.2, -0.15) is 0 Å². The summed E-state index contributed by atoms with van der Waals surface area (Å²) in [5, 5.41) is 7.45. The Bertz CT molecular complexity index is 917. The molecule has 0 aliphatic carbocycles. The van der Waals surface area contributed by atoms with Gasteiger partial charge in [-0.05, 0) is 18.6 Å². The van der Waals surface area contributed by atoms with E-state index in [-0.39, 0.29) is 35.6 Å². The van der Waals surface area contributed by atoms with E-state index in [9.17, 15) is 24.0 Å². The summed E-state index contributed by atoms with van der Waals surface area (Å²) in [6.07, 6.45) is 4.60. The van der Waals surface area contributed by atoms with Crippen molar-refractivity contribution in [2.45, 2.75) is 32.0 Å². The molecule has 2 unspecified atom stereocenters. The van der Waals surface area contributed by atoms with Gasteiger partial charge in [0.05, 0.1) is 16.8 Å². The number of carbonyl (C=O) groups excluding carboxylic acids is 5. The largest absolute Gasteiger partial charge is 0.355 e.